The van der Waals surface area contributed by atoms with Gasteiger partial charge in [0.25, 0.3) is 11.5 Å². The third kappa shape index (κ3) is 3.26. The molecule has 1 saturated heterocycles. The number of benzene rings is 1. The summed E-state index contributed by atoms with van der Waals surface area (Å²) in [5.74, 6) is -0.322. The minimum Gasteiger partial charge on any atom is -0.372 e. The zero-order valence-corrected chi connectivity index (χ0v) is 13.4. The molecule has 1 aromatic heterocycles. The fourth-order valence-electron chi connectivity index (χ4n) is 2.77. The molecule has 6 heteroatoms. The molecule has 2 aromatic rings. The highest BCUT2D eigenvalue weighted by molar-refractivity contribution is 6.03. The van der Waals surface area contributed by atoms with Crippen molar-refractivity contribution in [1.82, 2.24) is 9.78 Å². The Morgan fingerprint density at radius 2 is 1.91 bits per heavy atom. The molecule has 3 rings (SSSR count). The van der Waals surface area contributed by atoms with E-state index in [0.717, 1.165) is 29.0 Å². The second-order valence-corrected chi connectivity index (χ2v) is 5.83. The van der Waals surface area contributed by atoms with E-state index < -0.39 is 0 Å². The largest absolute Gasteiger partial charge is 0.372 e. The second kappa shape index (κ2) is 6.24. The van der Waals surface area contributed by atoms with Gasteiger partial charge in [0, 0.05) is 37.6 Å². The molecular weight excluding hydrogens is 292 g/mol. The van der Waals surface area contributed by atoms with Crippen LogP contribution in [0.4, 0.5) is 11.4 Å². The fourth-order valence-corrected chi connectivity index (χ4v) is 2.77. The van der Waals surface area contributed by atoms with Gasteiger partial charge in [-0.15, -0.1) is 0 Å². The molecule has 1 aliphatic heterocycles. The third-order valence-corrected chi connectivity index (χ3v) is 4.12. The quantitative estimate of drug-likeness (QED) is 0.940. The minimum absolute atomic E-state index is 0.218. The first-order chi connectivity index (χ1) is 11.0. The Morgan fingerprint density at radius 3 is 2.57 bits per heavy atom. The van der Waals surface area contributed by atoms with Gasteiger partial charge in [0.2, 0.25) is 0 Å². The van der Waals surface area contributed by atoms with Gasteiger partial charge in [-0.25, -0.2) is 4.68 Å². The lowest BCUT2D eigenvalue weighted by Crippen LogP contribution is -2.24. The van der Waals surface area contributed by atoms with Crippen molar-refractivity contribution < 1.29 is 4.79 Å². The number of nitrogens with zero attached hydrogens (tertiary/aromatic N) is 3. The molecule has 0 saturated carbocycles. The molecule has 0 radical (unpaired) electrons. The van der Waals surface area contributed by atoms with Crippen LogP contribution in [0.1, 0.15) is 28.9 Å². The number of rotatable bonds is 3. The molecule has 23 heavy (non-hydrogen) atoms. The van der Waals surface area contributed by atoms with Crippen LogP contribution < -0.4 is 15.8 Å². The highest BCUT2D eigenvalue weighted by Crippen LogP contribution is 2.25. The van der Waals surface area contributed by atoms with Crippen molar-refractivity contribution in [3.63, 3.8) is 0 Å². The Morgan fingerprint density at radius 1 is 1.17 bits per heavy atom. The van der Waals surface area contributed by atoms with E-state index in [9.17, 15) is 9.59 Å². The van der Waals surface area contributed by atoms with E-state index in [1.807, 2.05) is 19.1 Å². The highest BCUT2D eigenvalue weighted by atomic mass is 16.2. The zero-order valence-electron chi connectivity index (χ0n) is 13.4. The number of aromatic nitrogens is 2. The topological polar surface area (TPSA) is 67.2 Å². The maximum Gasteiger partial charge on any atom is 0.276 e. The maximum atomic E-state index is 12.3. The lowest BCUT2D eigenvalue weighted by molar-refractivity contribution is 0.102. The van der Waals surface area contributed by atoms with Gasteiger partial charge in [0.05, 0.1) is 0 Å². The molecular formula is C17H20N4O2. The molecule has 1 fully saturated rings. The van der Waals surface area contributed by atoms with Crippen molar-refractivity contribution in [2.75, 3.05) is 23.3 Å². The summed E-state index contributed by atoms with van der Waals surface area (Å²) in [6.45, 7) is 4.16. The summed E-state index contributed by atoms with van der Waals surface area (Å²) >= 11 is 0. The molecule has 0 bridgehead atoms. The summed E-state index contributed by atoms with van der Waals surface area (Å²) in [7, 11) is 1.52. The van der Waals surface area contributed by atoms with Crippen molar-refractivity contribution in [2.24, 2.45) is 7.05 Å². The van der Waals surface area contributed by atoms with Crippen LogP contribution in [0.2, 0.25) is 0 Å². The smallest absolute Gasteiger partial charge is 0.276 e. The van der Waals surface area contributed by atoms with Crippen LogP contribution >= 0.6 is 0 Å². The summed E-state index contributed by atoms with van der Waals surface area (Å²) in [4.78, 5) is 26.0. The lowest BCUT2D eigenvalue weighted by Gasteiger charge is -2.19. The van der Waals surface area contributed by atoms with Crippen LogP contribution in [0.5, 0.6) is 0 Å². The van der Waals surface area contributed by atoms with E-state index in [0.29, 0.717) is 0 Å². The number of carbonyl (C=O) groups is 1. The molecule has 1 aliphatic rings. The van der Waals surface area contributed by atoms with E-state index in [2.05, 4.69) is 21.4 Å². The van der Waals surface area contributed by atoms with E-state index in [1.165, 1.54) is 37.7 Å². The van der Waals surface area contributed by atoms with Crippen molar-refractivity contribution in [1.29, 1.82) is 0 Å². The number of nitrogens with one attached hydrogen (secondary N) is 1. The van der Waals surface area contributed by atoms with Gasteiger partial charge in [-0.3, -0.25) is 9.59 Å². The Labute approximate surface area is 134 Å². The van der Waals surface area contributed by atoms with Gasteiger partial charge in [0.15, 0.2) is 0 Å². The first kappa shape index (κ1) is 15.3. The lowest BCUT2D eigenvalue weighted by atomic mass is 10.1. The van der Waals surface area contributed by atoms with Gasteiger partial charge in [-0.2, -0.15) is 5.10 Å². The Balaban J connectivity index is 1.77. The third-order valence-electron chi connectivity index (χ3n) is 4.12. The molecule has 1 N–H and O–H groups in total. The molecule has 120 valence electrons. The highest BCUT2D eigenvalue weighted by Gasteiger charge is 2.14. The number of amides is 1. The SMILES string of the molecule is Cc1cc(N2CCCC2)ccc1NC(=O)c1ccc(=O)n(C)n1. The van der Waals surface area contributed by atoms with Gasteiger partial charge >= 0.3 is 0 Å². The van der Waals surface area contributed by atoms with Crippen molar-refractivity contribution >= 4 is 17.3 Å². The molecule has 0 aliphatic carbocycles. The van der Waals surface area contributed by atoms with Crippen LogP contribution in [0.15, 0.2) is 35.1 Å². The van der Waals surface area contributed by atoms with E-state index >= 15 is 0 Å². The average Bonchev–Trinajstić information content (AvgIpc) is 3.06. The monoisotopic (exact) mass is 312 g/mol. The predicted molar refractivity (Wildman–Crippen MR) is 90.1 cm³/mol. The Kier molecular flexibility index (Phi) is 4.14. The summed E-state index contributed by atoms with van der Waals surface area (Å²) in [5, 5.41) is 6.82. The number of carbonyl (C=O) groups excluding carboxylic acids is 1. The molecule has 0 atom stereocenters. The summed E-state index contributed by atoms with van der Waals surface area (Å²) in [6.07, 6.45) is 2.46. The number of aryl methyl sites for hydroxylation is 2. The van der Waals surface area contributed by atoms with Crippen molar-refractivity contribution in [2.45, 2.75) is 19.8 Å². The summed E-state index contributed by atoms with van der Waals surface area (Å²) < 4.78 is 1.15. The van der Waals surface area contributed by atoms with Crippen LogP contribution in [-0.4, -0.2) is 28.8 Å². The molecule has 6 nitrogen and oxygen atoms in total. The number of hydrogen-bond acceptors (Lipinski definition) is 4. The minimum atomic E-state index is -0.322. The standard InChI is InChI=1S/C17H20N4O2/c1-12-11-13(21-9-3-4-10-21)5-6-14(12)18-17(23)15-7-8-16(22)20(2)19-15/h5-8,11H,3-4,9-10H2,1-2H3,(H,18,23). The van der Waals surface area contributed by atoms with Gasteiger partial charge in [-0.05, 0) is 49.6 Å². The Bertz CT molecular complexity index is 791. The summed E-state index contributed by atoms with van der Waals surface area (Å²) in [6, 6.07) is 8.82. The normalized spacial score (nSPS) is 14.1. The van der Waals surface area contributed by atoms with Gasteiger partial charge in [0.1, 0.15) is 5.69 Å². The first-order valence-electron chi connectivity index (χ1n) is 7.76. The zero-order chi connectivity index (χ0) is 16.4. The second-order valence-electron chi connectivity index (χ2n) is 5.83. The summed E-state index contributed by atoms with van der Waals surface area (Å²) in [5.41, 5.74) is 2.93. The van der Waals surface area contributed by atoms with Crippen LogP contribution in [0.3, 0.4) is 0 Å². The average molecular weight is 312 g/mol. The molecule has 1 aromatic carbocycles. The maximum absolute atomic E-state index is 12.3. The van der Waals surface area contributed by atoms with E-state index in [1.54, 1.807) is 0 Å². The van der Waals surface area contributed by atoms with E-state index in [4.69, 9.17) is 0 Å². The van der Waals surface area contributed by atoms with Crippen LogP contribution in [0.25, 0.3) is 0 Å². The van der Waals surface area contributed by atoms with Crippen LogP contribution in [-0.2, 0) is 7.05 Å². The molecule has 0 spiro atoms. The molecule has 0 unspecified atom stereocenters. The molecule has 1 amide bonds. The van der Waals surface area contributed by atoms with Gasteiger partial charge < -0.3 is 10.2 Å². The van der Waals surface area contributed by atoms with Crippen molar-refractivity contribution in [3.8, 4) is 0 Å². The number of hydrogen-bond donors (Lipinski definition) is 1. The number of anilines is 2. The first-order valence-corrected chi connectivity index (χ1v) is 7.76. The fraction of sp³-hybridized carbons (Fsp3) is 0.353. The van der Waals surface area contributed by atoms with Crippen molar-refractivity contribution in [3.05, 3.63) is 51.9 Å². The Hall–Kier alpha value is -2.63. The van der Waals surface area contributed by atoms with E-state index in [-0.39, 0.29) is 17.2 Å². The molecule has 2 heterocycles. The van der Waals surface area contributed by atoms with Gasteiger partial charge in [-0.1, -0.05) is 0 Å². The predicted octanol–water partition coefficient (Wildman–Crippen LogP) is 1.94. The van der Waals surface area contributed by atoms with Crippen LogP contribution in [0, 0.1) is 6.92 Å².